The summed E-state index contributed by atoms with van der Waals surface area (Å²) in [7, 11) is 0. The van der Waals surface area contributed by atoms with Gasteiger partial charge in [-0.25, -0.2) is 8.78 Å². The lowest BCUT2D eigenvalue weighted by Crippen LogP contribution is -2.33. The third-order valence-electron chi connectivity index (χ3n) is 3.08. The molecule has 0 aliphatic rings. The number of nitrogen functional groups attached to an aromatic ring is 1. The molecule has 2 aromatic rings. The van der Waals surface area contributed by atoms with E-state index in [2.05, 4.69) is 4.98 Å². The van der Waals surface area contributed by atoms with Crippen LogP contribution in [0.5, 0.6) is 0 Å². The summed E-state index contributed by atoms with van der Waals surface area (Å²) in [5.41, 5.74) is 6.84. The minimum Gasteiger partial charge on any atom is -0.395 e. The Morgan fingerprint density at radius 2 is 2.10 bits per heavy atom. The second-order valence-electron chi connectivity index (χ2n) is 4.51. The molecule has 1 aromatic heterocycles. The lowest BCUT2D eigenvalue weighted by atomic mass is 10.1. The minimum atomic E-state index is -2.57. The molecule has 0 aliphatic heterocycles. The van der Waals surface area contributed by atoms with Crippen LogP contribution in [0.4, 0.5) is 14.5 Å². The van der Waals surface area contributed by atoms with Crippen LogP contribution in [0, 0.1) is 5.41 Å². The van der Waals surface area contributed by atoms with E-state index in [1.165, 1.54) is 11.1 Å². The van der Waals surface area contributed by atoms with Crippen LogP contribution in [-0.4, -0.2) is 42.0 Å². The molecule has 7 heteroatoms. The third-order valence-corrected chi connectivity index (χ3v) is 3.08. The summed E-state index contributed by atoms with van der Waals surface area (Å²) < 4.78 is 25.6. The number of hydrogen-bond acceptors (Lipinski definition) is 4. The highest BCUT2D eigenvalue weighted by Crippen LogP contribution is 2.29. The van der Waals surface area contributed by atoms with Crippen LogP contribution in [0.25, 0.3) is 10.9 Å². The molecule has 0 aliphatic carbocycles. The van der Waals surface area contributed by atoms with Crippen LogP contribution >= 0.6 is 0 Å². The number of anilines is 1. The lowest BCUT2D eigenvalue weighted by Gasteiger charge is -2.27. The van der Waals surface area contributed by atoms with E-state index in [4.69, 9.17) is 16.2 Å². The smallest absolute Gasteiger partial charge is 0.255 e. The number of nitrogens with one attached hydrogen (secondary N) is 1. The summed E-state index contributed by atoms with van der Waals surface area (Å²) in [5, 5.41) is 17.4. The van der Waals surface area contributed by atoms with Gasteiger partial charge >= 0.3 is 0 Å². The van der Waals surface area contributed by atoms with E-state index < -0.39 is 13.0 Å². The number of fused-ring (bicyclic) bond motifs is 1. The fourth-order valence-electron chi connectivity index (χ4n) is 2.25. The summed E-state index contributed by atoms with van der Waals surface area (Å²) in [6.07, 6.45) is -1.17. The van der Waals surface area contributed by atoms with Gasteiger partial charge in [-0.3, -0.25) is 10.4 Å². The normalized spacial score (nSPS) is 11.0. The van der Waals surface area contributed by atoms with Crippen molar-refractivity contribution in [2.24, 2.45) is 5.73 Å². The van der Waals surface area contributed by atoms with Gasteiger partial charge in [-0.2, -0.15) is 0 Å². The molecule has 0 amide bonds. The Balaban J connectivity index is 2.66. The Labute approximate surface area is 120 Å². The molecule has 0 atom stereocenters. The van der Waals surface area contributed by atoms with Crippen molar-refractivity contribution in [3.8, 4) is 0 Å². The first-order valence-corrected chi connectivity index (χ1v) is 6.40. The van der Waals surface area contributed by atoms with E-state index in [9.17, 15) is 8.78 Å². The van der Waals surface area contributed by atoms with Gasteiger partial charge in [-0.05, 0) is 6.07 Å². The Kier molecular flexibility index (Phi) is 4.64. The van der Waals surface area contributed by atoms with Crippen LogP contribution in [0.15, 0.2) is 30.5 Å². The molecule has 1 heterocycles. The highest BCUT2D eigenvalue weighted by molar-refractivity contribution is 6.07. The van der Waals surface area contributed by atoms with Crippen molar-refractivity contribution in [2.75, 3.05) is 24.6 Å². The van der Waals surface area contributed by atoms with Gasteiger partial charge in [0.25, 0.3) is 6.43 Å². The molecule has 2 rings (SSSR count). The van der Waals surface area contributed by atoms with E-state index in [0.717, 1.165) is 0 Å². The van der Waals surface area contributed by atoms with Crippen molar-refractivity contribution in [1.82, 2.24) is 4.98 Å². The number of amidine groups is 1. The monoisotopic (exact) mass is 294 g/mol. The lowest BCUT2D eigenvalue weighted by molar-refractivity contribution is 0.153. The molecular formula is C14H16F2N4O. The van der Waals surface area contributed by atoms with Crippen molar-refractivity contribution in [2.45, 2.75) is 6.43 Å². The van der Waals surface area contributed by atoms with Gasteiger partial charge in [-0.1, -0.05) is 18.2 Å². The fourth-order valence-corrected chi connectivity index (χ4v) is 2.25. The summed E-state index contributed by atoms with van der Waals surface area (Å²) in [5.74, 6) is -0.250. The van der Waals surface area contributed by atoms with Gasteiger partial charge in [-0.15, -0.1) is 0 Å². The SMILES string of the molecule is N=C(N)c1cnc2ccccc2c1N(CCO)CC(F)F. The fraction of sp³-hybridized carbons (Fsp3) is 0.286. The average molecular weight is 294 g/mol. The molecule has 0 fully saturated rings. The maximum absolute atomic E-state index is 12.8. The second-order valence-corrected chi connectivity index (χ2v) is 4.51. The Hall–Kier alpha value is -2.28. The van der Waals surface area contributed by atoms with Crippen LogP contribution < -0.4 is 10.6 Å². The van der Waals surface area contributed by atoms with Crippen LogP contribution in [0.3, 0.4) is 0 Å². The first-order chi connectivity index (χ1) is 10.0. The highest BCUT2D eigenvalue weighted by atomic mass is 19.3. The number of nitrogens with zero attached hydrogens (tertiary/aromatic N) is 2. The third kappa shape index (κ3) is 3.25. The Bertz CT molecular complexity index is 648. The largest absolute Gasteiger partial charge is 0.395 e. The zero-order valence-electron chi connectivity index (χ0n) is 11.3. The molecule has 4 N–H and O–H groups in total. The number of benzene rings is 1. The number of para-hydroxylation sites is 1. The molecular weight excluding hydrogens is 278 g/mol. The number of hydrogen-bond donors (Lipinski definition) is 3. The van der Waals surface area contributed by atoms with Gasteiger partial charge in [0.05, 0.1) is 29.9 Å². The first-order valence-electron chi connectivity index (χ1n) is 6.40. The van der Waals surface area contributed by atoms with Gasteiger partial charge in [0, 0.05) is 18.1 Å². The van der Waals surface area contributed by atoms with E-state index in [-0.39, 0.29) is 24.6 Å². The number of aromatic nitrogens is 1. The quantitative estimate of drug-likeness (QED) is 0.558. The number of pyridine rings is 1. The summed E-state index contributed by atoms with van der Waals surface area (Å²) in [6, 6.07) is 7.04. The van der Waals surface area contributed by atoms with Crippen LogP contribution in [0.2, 0.25) is 0 Å². The number of nitrogens with two attached hydrogens (primary N) is 1. The standard InChI is InChI=1S/C14H16F2N4O/c15-12(16)8-20(5-6-21)13-9-3-1-2-4-11(9)19-7-10(13)14(17)18/h1-4,7,12,21H,5-6,8H2,(H3,17,18). The predicted molar refractivity (Wildman–Crippen MR) is 78.1 cm³/mol. The second kappa shape index (κ2) is 6.45. The number of aliphatic hydroxyl groups is 1. The van der Waals surface area contributed by atoms with Crippen LogP contribution in [0.1, 0.15) is 5.56 Å². The van der Waals surface area contributed by atoms with Gasteiger partial charge < -0.3 is 15.7 Å². The summed E-state index contributed by atoms with van der Waals surface area (Å²) >= 11 is 0. The van der Waals surface area contributed by atoms with Crippen molar-refractivity contribution >= 4 is 22.4 Å². The molecule has 0 spiro atoms. The van der Waals surface area contributed by atoms with Gasteiger partial charge in [0.2, 0.25) is 0 Å². The number of alkyl halides is 2. The van der Waals surface area contributed by atoms with E-state index in [1.54, 1.807) is 24.3 Å². The van der Waals surface area contributed by atoms with E-state index in [0.29, 0.717) is 16.6 Å². The predicted octanol–water partition coefficient (Wildman–Crippen LogP) is 1.58. The number of halogens is 2. The molecule has 0 unspecified atom stereocenters. The van der Waals surface area contributed by atoms with E-state index >= 15 is 0 Å². The number of aliphatic hydroxyl groups excluding tert-OH is 1. The van der Waals surface area contributed by atoms with Gasteiger partial charge in [0.1, 0.15) is 5.84 Å². The molecule has 112 valence electrons. The molecule has 0 radical (unpaired) electrons. The van der Waals surface area contributed by atoms with Crippen molar-refractivity contribution < 1.29 is 13.9 Å². The Morgan fingerprint density at radius 1 is 1.38 bits per heavy atom. The van der Waals surface area contributed by atoms with E-state index in [1.807, 2.05) is 0 Å². The maximum Gasteiger partial charge on any atom is 0.255 e. The van der Waals surface area contributed by atoms with Gasteiger partial charge in [0.15, 0.2) is 0 Å². The Morgan fingerprint density at radius 3 is 2.71 bits per heavy atom. The zero-order valence-corrected chi connectivity index (χ0v) is 11.3. The molecule has 21 heavy (non-hydrogen) atoms. The molecule has 0 saturated heterocycles. The molecule has 0 bridgehead atoms. The maximum atomic E-state index is 12.8. The highest BCUT2D eigenvalue weighted by Gasteiger charge is 2.20. The molecule has 0 saturated carbocycles. The topological polar surface area (TPSA) is 86.2 Å². The van der Waals surface area contributed by atoms with Crippen molar-refractivity contribution in [1.29, 1.82) is 5.41 Å². The number of rotatable bonds is 6. The molecule has 1 aromatic carbocycles. The van der Waals surface area contributed by atoms with Crippen molar-refractivity contribution in [3.63, 3.8) is 0 Å². The summed E-state index contributed by atoms with van der Waals surface area (Å²) in [4.78, 5) is 5.53. The first kappa shape index (κ1) is 15.1. The minimum absolute atomic E-state index is 0.0264. The molecule has 5 nitrogen and oxygen atoms in total. The van der Waals surface area contributed by atoms with Crippen LogP contribution in [-0.2, 0) is 0 Å². The average Bonchev–Trinajstić information content (AvgIpc) is 2.45. The van der Waals surface area contributed by atoms with Crippen molar-refractivity contribution in [3.05, 3.63) is 36.0 Å². The zero-order chi connectivity index (χ0) is 15.4. The summed E-state index contributed by atoms with van der Waals surface area (Å²) in [6.45, 7) is -0.797.